The van der Waals surface area contributed by atoms with E-state index in [4.69, 9.17) is 9.47 Å². The highest BCUT2D eigenvalue weighted by molar-refractivity contribution is 9.10. The SMILES string of the molecule is COc1ccc([C@@H]2C(=C(O)c3ccccc3)C(=O)C(=O)N2c2nc3ccc(Br)cc3s2)cc1OC. The quantitative estimate of drug-likeness (QED) is 0.195. The maximum atomic E-state index is 13.4. The first-order valence-corrected chi connectivity index (χ1v) is 12.2. The third kappa shape index (κ3) is 3.96. The van der Waals surface area contributed by atoms with Crippen LogP contribution in [-0.4, -0.2) is 36.0 Å². The normalized spacial score (nSPS) is 17.2. The number of halogens is 1. The lowest BCUT2D eigenvalue weighted by Crippen LogP contribution is -2.29. The van der Waals surface area contributed by atoms with Crippen molar-refractivity contribution in [1.29, 1.82) is 0 Å². The number of Topliss-reactive ketones (excluding diaryl/α,β-unsaturated/α-hetero) is 1. The summed E-state index contributed by atoms with van der Waals surface area (Å²) < 4.78 is 12.5. The molecule has 4 aromatic rings. The van der Waals surface area contributed by atoms with Gasteiger partial charge in [-0.15, -0.1) is 0 Å². The minimum Gasteiger partial charge on any atom is -0.507 e. The Morgan fingerprint density at radius 3 is 2.46 bits per heavy atom. The number of carbonyl (C=O) groups excluding carboxylic acids is 2. The molecule has 0 unspecified atom stereocenters. The van der Waals surface area contributed by atoms with Crippen LogP contribution in [0.25, 0.3) is 16.0 Å². The summed E-state index contributed by atoms with van der Waals surface area (Å²) in [5.41, 5.74) is 1.68. The average molecular weight is 551 g/mol. The number of aliphatic hydroxyl groups is 1. The summed E-state index contributed by atoms with van der Waals surface area (Å²) in [6, 6.07) is 18.5. The zero-order valence-electron chi connectivity index (χ0n) is 18.7. The summed E-state index contributed by atoms with van der Waals surface area (Å²) in [6.45, 7) is 0. The predicted octanol–water partition coefficient (Wildman–Crippen LogP) is 5.70. The van der Waals surface area contributed by atoms with Gasteiger partial charge >= 0.3 is 5.91 Å². The number of hydrogen-bond acceptors (Lipinski definition) is 7. The van der Waals surface area contributed by atoms with E-state index >= 15 is 0 Å². The summed E-state index contributed by atoms with van der Waals surface area (Å²) in [5.74, 6) is -0.869. The molecular weight excluding hydrogens is 532 g/mol. The Bertz CT molecular complexity index is 1500. The van der Waals surface area contributed by atoms with Crippen molar-refractivity contribution < 1.29 is 24.2 Å². The fourth-order valence-electron chi connectivity index (χ4n) is 4.11. The second-order valence-electron chi connectivity index (χ2n) is 7.76. The van der Waals surface area contributed by atoms with Crippen molar-refractivity contribution in [2.45, 2.75) is 6.04 Å². The van der Waals surface area contributed by atoms with Crippen molar-refractivity contribution in [2.75, 3.05) is 19.1 Å². The number of benzene rings is 3. The van der Waals surface area contributed by atoms with Gasteiger partial charge in [0.05, 0.1) is 36.1 Å². The van der Waals surface area contributed by atoms with Gasteiger partial charge in [0.2, 0.25) is 0 Å². The molecule has 1 fully saturated rings. The monoisotopic (exact) mass is 550 g/mol. The van der Waals surface area contributed by atoms with Gasteiger partial charge in [0.25, 0.3) is 5.78 Å². The van der Waals surface area contributed by atoms with Crippen molar-refractivity contribution in [3.63, 3.8) is 0 Å². The molecule has 0 bridgehead atoms. The molecule has 1 aliphatic heterocycles. The zero-order valence-corrected chi connectivity index (χ0v) is 21.1. The van der Waals surface area contributed by atoms with Crippen molar-refractivity contribution >= 4 is 60.1 Å². The van der Waals surface area contributed by atoms with Gasteiger partial charge in [-0.25, -0.2) is 4.98 Å². The Morgan fingerprint density at radius 1 is 1.00 bits per heavy atom. The lowest BCUT2D eigenvalue weighted by atomic mass is 9.95. The zero-order chi connectivity index (χ0) is 24.7. The highest BCUT2D eigenvalue weighted by Gasteiger charge is 2.48. The molecular formula is C26H19BrN2O5S. The molecule has 0 saturated carbocycles. The summed E-state index contributed by atoms with van der Waals surface area (Å²) in [7, 11) is 3.03. The number of hydrogen-bond donors (Lipinski definition) is 1. The van der Waals surface area contributed by atoms with E-state index in [-0.39, 0.29) is 11.3 Å². The summed E-state index contributed by atoms with van der Waals surface area (Å²) in [5, 5.41) is 11.6. The van der Waals surface area contributed by atoms with Crippen molar-refractivity contribution in [3.05, 3.63) is 87.9 Å². The van der Waals surface area contributed by atoms with Gasteiger partial charge in [0.15, 0.2) is 16.6 Å². The van der Waals surface area contributed by atoms with E-state index in [1.807, 2.05) is 18.2 Å². The molecule has 7 nitrogen and oxygen atoms in total. The number of amides is 1. The van der Waals surface area contributed by atoms with Crippen molar-refractivity contribution in [3.8, 4) is 11.5 Å². The number of ether oxygens (including phenoxy) is 2. The molecule has 1 aromatic heterocycles. The Hall–Kier alpha value is -3.69. The minimum absolute atomic E-state index is 0.0196. The van der Waals surface area contributed by atoms with Crippen LogP contribution in [0.2, 0.25) is 0 Å². The smallest absolute Gasteiger partial charge is 0.301 e. The number of aliphatic hydroxyl groups excluding tert-OH is 1. The van der Waals surface area contributed by atoms with Crippen LogP contribution in [0.3, 0.4) is 0 Å². The number of nitrogens with zero attached hydrogens (tertiary/aromatic N) is 2. The topological polar surface area (TPSA) is 89.0 Å². The second-order valence-corrected chi connectivity index (χ2v) is 9.68. The molecule has 1 aliphatic rings. The van der Waals surface area contributed by atoms with Gasteiger partial charge < -0.3 is 14.6 Å². The van der Waals surface area contributed by atoms with Crippen LogP contribution in [0.1, 0.15) is 17.2 Å². The molecule has 176 valence electrons. The van der Waals surface area contributed by atoms with E-state index in [1.165, 1.54) is 30.5 Å². The number of methoxy groups -OCH3 is 2. The Balaban J connectivity index is 1.75. The molecule has 1 N–H and O–H groups in total. The second kappa shape index (κ2) is 9.16. The van der Waals surface area contributed by atoms with Gasteiger partial charge in [0, 0.05) is 10.0 Å². The maximum Gasteiger partial charge on any atom is 0.301 e. The number of rotatable bonds is 5. The number of ketones is 1. The van der Waals surface area contributed by atoms with Crippen LogP contribution in [-0.2, 0) is 9.59 Å². The van der Waals surface area contributed by atoms with Gasteiger partial charge in [-0.1, -0.05) is 63.7 Å². The molecule has 1 amide bonds. The first-order valence-electron chi connectivity index (χ1n) is 10.6. The molecule has 1 saturated heterocycles. The maximum absolute atomic E-state index is 13.4. The van der Waals surface area contributed by atoms with Crippen molar-refractivity contribution in [2.24, 2.45) is 0 Å². The summed E-state index contributed by atoms with van der Waals surface area (Å²) >= 11 is 4.75. The number of aromatic nitrogens is 1. The molecule has 5 rings (SSSR count). The van der Waals surface area contributed by atoms with Crippen LogP contribution >= 0.6 is 27.3 Å². The van der Waals surface area contributed by atoms with Gasteiger partial charge in [0.1, 0.15) is 5.76 Å². The molecule has 3 aromatic carbocycles. The van der Waals surface area contributed by atoms with Gasteiger partial charge in [-0.2, -0.15) is 0 Å². The molecule has 35 heavy (non-hydrogen) atoms. The van der Waals surface area contributed by atoms with E-state index in [2.05, 4.69) is 20.9 Å². The third-order valence-corrected chi connectivity index (χ3v) is 7.27. The van der Waals surface area contributed by atoms with Crippen LogP contribution in [0.5, 0.6) is 11.5 Å². The van der Waals surface area contributed by atoms with Crippen molar-refractivity contribution in [1.82, 2.24) is 4.98 Å². The van der Waals surface area contributed by atoms with Crippen LogP contribution in [0.4, 0.5) is 5.13 Å². The number of carbonyl (C=O) groups is 2. The number of anilines is 1. The highest BCUT2D eigenvalue weighted by Crippen LogP contribution is 2.46. The average Bonchev–Trinajstić information content (AvgIpc) is 3.41. The van der Waals surface area contributed by atoms with Gasteiger partial charge in [-0.05, 0) is 35.9 Å². The van der Waals surface area contributed by atoms with E-state index in [0.29, 0.717) is 33.3 Å². The number of thiazole rings is 1. The van der Waals surface area contributed by atoms with E-state index < -0.39 is 17.7 Å². The molecule has 0 spiro atoms. The predicted molar refractivity (Wildman–Crippen MR) is 138 cm³/mol. The Labute approximate surface area is 213 Å². The first kappa shape index (κ1) is 23.1. The first-order chi connectivity index (χ1) is 16.9. The highest BCUT2D eigenvalue weighted by atomic mass is 79.9. The molecule has 1 atom stereocenters. The fourth-order valence-corrected chi connectivity index (χ4v) is 5.65. The Kier molecular flexibility index (Phi) is 6.04. The van der Waals surface area contributed by atoms with E-state index in [0.717, 1.165) is 9.17 Å². The van der Waals surface area contributed by atoms with Crippen LogP contribution in [0.15, 0.2) is 76.8 Å². The van der Waals surface area contributed by atoms with Crippen LogP contribution < -0.4 is 14.4 Å². The van der Waals surface area contributed by atoms with Crippen LogP contribution in [0, 0.1) is 0 Å². The third-order valence-electron chi connectivity index (χ3n) is 5.76. The van der Waals surface area contributed by atoms with Gasteiger partial charge in [-0.3, -0.25) is 14.5 Å². The standard InChI is InChI=1S/C26H19BrN2O5S/c1-33-18-11-8-15(12-19(18)34-2)22-21(23(30)14-6-4-3-5-7-14)24(31)25(32)29(22)26-28-17-10-9-16(27)13-20(17)35-26/h3-13,22,30H,1-2H3/t22-/m1/s1. The summed E-state index contributed by atoms with van der Waals surface area (Å²) in [4.78, 5) is 32.7. The van der Waals surface area contributed by atoms with E-state index in [1.54, 1.807) is 48.5 Å². The minimum atomic E-state index is -0.918. The largest absolute Gasteiger partial charge is 0.507 e. The molecule has 0 radical (unpaired) electrons. The fraction of sp³-hybridized carbons (Fsp3) is 0.115. The lowest BCUT2D eigenvalue weighted by Gasteiger charge is -2.23. The number of fused-ring (bicyclic) bond motifs is 1. The lowest BCUT2D eigenvalue weighted by molar-refractivity contribution is -0.132. The molecule has 9 heteroatoms. The van der Waals surface area contributed by atoms with E-state index in [9.17, 15) is 14.7 Å². The molecule has 0 aliphatic carbocycles. The molecule has 2 heterocycles. The summed E-state index contributed by atoms with van der Waals surface area (Å²) in [6.07, 6.45) is 0. The Morgan fingerprint density at radius 2 is 1.74 bits per heavy atom.